The lowest BCUT2D eigenvalue weighted by Gasteiger charge is -2.07. The Bertz CT molecular complexity index is 570. The molecule has 92 valence electrons. The molecule has 0 atom stereocenters. The monoisotopic (exact) mass is 371 g/mol. The largest absolute Gasteiger partial charge is 0.265 e. The fourth-order valence-electron chi connectivity index (χ4n) is 1.87. The van der Waals surface area contributed by atoms with Crippen LogP contribution in [-0.2, 0) is 6.42 Å². The van der Waals surface area contributed by atoms with Gasteiger partial charge in [-0.15, -0.1) is 0 Å². The summed E-state index contributed by atoms with van der Waals surface area (Å²) in [4.78, 5) is 13.0. The van der Waals surface area contributed by atoms with Gasteiger partial charge in [0, 0.05) is 24.7 Å². The molecule has 0 aromatic carbocycles. The van der Waals surface area contributed by atoms with Crippen LogP contribution in [0.4, 0.5) is 0 Å². The van der Waals surface area contributed by atoms with E-state index in [1.165, 1.54) is 12.8 Å². The van der Waals surface area contributed by atoms with Crippen molar-refractivity contribution in [2.75, 3.05) is 0 Å². The molecule has 0 radical (unpaired) electrons. The molecule has 2 aromatic rings. The molecular weight excluding hydrogens is 361 g/mol. The summed E-state index contributed by atoms with van der Waals surface area (Å²) in [5.41, 5.74) is 2.28. The van der Waals surface area contributed by atoms with Gasteiger partial charge in [-0.05, 0) is 53.1 Å². The van der Waals surface area contributed by atoms with Gasteiger partial charge in [0.2, 0.25) is 0 Å². The standard InChI is InChI=1S/C13H11ClIN3/c14-13-11(15)12(9-1-2-9)17-10(18-13)7-8-3-5-16-6-4-8/h3-6,9H,1-2,7H2. The van der Waals surface area contributed by atoms with Gasteiger partial charge >= 0.3 is 0 Å². The zero-order valence-electron chi connectivity index (χ0n) is 9.61. The van der Waals surface area contributed by atoms with E-state index in [1.54, 1.807) is 12.4 Å². The van der Waals surface area contributed by atoms with E-state index >= 15 is 0 Å². The molecule has 5 heteroatoms. The fraction of sp³-hybridized carbons (Fsp3) is 0.308. The lowest BCUT2D eigenvalue weighted by molar-refractivity contribution is 0.888. The number of nitrogens with zero attached hydrogens (tertiary/aromatic N) is 3. The summed E-state index contributed by atoms with van der Waals surface area (Å²) in [5.74, 6) is 1.39. The van der Waals surface area contributed by atoms with Gasteiger partial charge in [-0.1, -0.05) is 11.6 Å². The average Bonchev–Trinajstić information content (AvgIpc) is 3.19. The molecule has 1 fully saturated rings. The van der Waals surface area contributed by atoms with Crippen LogP contribution in [0.5, 0.6) is 0 Å². The number of hydrogen-bond donors (Lipinski definition) is 0. The number of pyridine rings is 1. The number of halogens is 2. The topological polar surface area (TPSA) is 38.7 Å². The smallest absolute Gasteiger partial charge is 0.146 e. The maximum Gasteiger partial charge on any atom is 0.146 e. The molecule has 0 spiro atoms. The molecule has 3 rings (SSSR count). The van der Waals surface area contributed by atoms with Crippen molar-refractivity contribution in [3.8, 4) is 0 Å². The van der Waals surface area contributed by atoms with Gasteiger partial charge < -0.3 is 0 Å². The molecule has 3 nitrogen and oxygen atoms in total. The van der Waals surface area contributed by atoms with E-state index in [9.17, 15) is 0 Å². The molecule has 18 heavy (non-hydrogen) atoms. The molecule has 1 aliphatic rings. The van der Waals surface area contributed by atoms with Gasteiger partial charge in [0.05, 0.1) is 9.26 Å². The third-order valence-electron chi connectivity index (χ3n) is 2.96. The normalized spacial score (nSPS) is 14.8. The zero-order chi connectivity index (χ0) is 12.5. The fourth-order valence-corrected chi connectivity index (χ4v) is 2.75. The van der Waals surface area contributed by atoms with Crippen molar-refractivity contribution in [3.63, 3.8) is 0 Å². The van der Waals surface area contributed by atoms with Crippen LogP contribution in [0.15, 0.2) is 24.5 Å². The van der Waals surface area contributed by atoms with Crippen LogP contribution in [0.25, 0.3) is 0 Å². The van der Waals surface area contributed by atoms with E-state index < -0.39 is 0 Å². The Kier molecular flexibility index (Phi) is 3.48. The minimum absolute atomic E-state index is 0.580. The predicted octanol–water partition coefficient (Wildman–Crippen LogP) is 3.60. The van der Waals surface area contributed by atoms with Crippen LogP contribution < -0.4 is 0 Å². The molecule has 0 amide bonds. The highest BCUT2D eigenvalue weighted by molar-refractivity contribution is 14.1. The maximum atomic E-state index is 6.19. The highest BCUT2D eigenvalue weighted by Crippen LogP contribution is 2.42. The van der Waals surface area contributed by atoms with Crippen molar-refractivity contribution in [2.45, 2.75) is 25.2 Å². The van der Waals surface area contributed by atoms with E-state index in [2.05, 4.69) is 37.5 Å². The second kappa shape index (κ2) is 5.09. The molecule has 0 saturated heterocycles. The lowest BCUT2D eigenvalue weighted by Crippen LogP contribution is -2.03. The second-order valence-electron chi connectivity index (χ2n) is 4.44. The summed E-state index contributed by atoms with van der Waals surface area (Å²) in [6.07, 6.45) is 6.71. The van der Waals surface area contributed by atoms with Gasteiger partial charge in [-0.25, -0.2) is 9.97 Å². The lowest BCUT2D eigenvalue weighted by atomic mass is 10.2. The first-order valence-electron chi connectivity index (χ1n) is 5.85. The summed E-state index contributed by atoms with van der Waals surface area (Å²) in [7, 11) is 0. The minimum Gasteiger partial charge on any atom is -0.265 e. The predicted molar refractivity (Wildman–Crippen MR) is 78.8 cm³/mol. The van der Waals surface area contributed by atoms with Gasteiger partial charge in [-0.2, -0.15) is 0 Å². The highest BCUT2D eigenvalue weighted by atomic mass is 127. The molecule has 1 saturated carbocycles. The number of rotatable bonds is 3. The summed E-state index contributed by atoms with van der Waals surface area (Å²) in [6.45, 7) is 0. The van der Waals surface area contributed by atoms with Crippen molar-refractivity contribution >= 4 is 34.2 Å². The summed E-state index contributed by atoms with van der Waals surface area (Å²) >= 11 is 8.43. The number of hydrogen-bond acceptors (Lipinski definition) is 3. The Labute approximate surface area is 124 Å². The van der Waals surface area contributed by atoms with E-state index in [1.807, 2.05) is 12.1 Å². The van der Waals surface area contributed by atoms with E-state index in [-0.39, 0.29) is 0 Å². The van der Waals surface area contributed by atoms with Crippen LogP contribution in [0.3, 0.4) is 0 Å². The van der Waals surface area contributed by atoms with Crippen molar-refractivity contribution < 1.29 is 0 Å². The first kappa shape index (κ1) is 12.3. The Morgan fingerprint density at radius 2 is 1.94 bits per heavy atom. The van der Waals surface area contributed by atoms with Gasteiger partial charge in [0.25, 0.3) is 0 Å². The molecule has 0 unspecified atom stereocenters. The summed E-state index contributed by atoms with van der Waals surface area (Å²) < 4.78 is 1.01. The van der Waals surface area contributed by atoms with Crippen LogP contribution in [0, 0.1) is 3.57 Å². The van der Waals surface area contributed by atoms with E-state index in [0.717, 1.165) is 20.7 Å². The van der Waals surface area contributed by atoms with Crippen LogP contribution in [0.2, 0.25) is 5.15 Å². The third kappa shape index (κ3) is 2.64. The van der Waals surface area contributed by atoms with Gasteiger partial charge in [0.15, 0.2) is 0 Å². The molecule has 2 heterocycles. The highest BCUT2D eigenvalue weighted by Gasteiger charge is 2.29. The van der Waals surface area contributed by atoms with Crippen molar-refractivity contribution in [3.05, 3.63) is 50.3 Å². The molecule has 0 bridgehead atoms. The zero-order valence-corrected chi connectivity index (χ0v) is 12.5. The minimum atomic E-state index is 0.580. The van der Waals surface area contributed by atoms with E-state index in [4.69, 9.17) is 11.6 Å². The first-order chi connectivity index (χ1) is 8.74. The Morgan fingerprint density at radius 3 is 2.61 bits per heavy atom. The SMILES string of the molecule is Clc1nc(Cc2ccncc2)nc(C2CC2)c1I. The average molecular weight is 372 g/mol. The second-order valence-corrected chi connectivity index (χ2v) is 5.87. The Balaban J connectivity index is 1.93. The van der Waals surface area contributed by atoms with Gasteiger partial charge in [-0.3, -0.25) is 4.98 Å². The Morgan fingerprint density at radius 1 is 1.22 bits per heavy atom. The van der Waals surface area contributed by atoms with Crippen LogP contribution in [0.1, 0.15) is 35.8 Å². The third-order valence-corrected chi connectivity index (χ3v) is 4.61. The van der Waals surface area contributed by atoms with Crippen LogP contribution >= 0.6 is 34.2 Å². The van der Waals surface area contributed by atoms with Gasteiger partial charge in [0.1, 0.15) is 11.0 Å². The van der Waals surface area contributed by atoms with Crippen molar-refractivity contribution in [1.82, 2.24) is 15.0 Å². The number of aromatic nitrogens is 3. The summed E-state index contributed by atoms with van der Waals surface area (Å²) in [5, 5.41) is 0.580. The van der Waals surface area contributed by atoms with Crippen LogP contribution in [-0.4, -0.2) is 15.0 Å². The summed E-state index contributed by atoms with van der Waals surface area (Å²) in [6, 6.07) is 3.96. The quantitative estimate of drug-likeness (QED) is 0.611. The molecule has 1 aliphatic carbocycles. The van der Waals surface area contributed by atoms with Crippen molar-refractivity contribution in [1.29, 1.82) is 0 Å². The maximum absolute atomic E-state index is 6.19. The van der Waals surface area contributed by atoms with E-state index in [0.29, 0.717) is 17.5 Å². The molecular formula is C13H11ClIN3. The molecule has 0 N–H and O–H groups in total. The Hall–Kier alpha value is -0.750. The van der Waals surface area contributed by atoms with Crippen molar-refractivity contribution in [2.24, 2.45) is 0 Å². The molecule has 0 aliphatic heterocycles. The first-order valence-corrected chi connectivity index (χ1v) is 7.30. The molecule has 2 aromatic heterocycles.